The molecule has 5 nitrogen and oxygen atoms in total. The van der Waals surface area contributed by atoms with Crippen molar-refractivity contribution >= 4 is 17.7 Å². The first-order valence-electron chi connectivity index (χ1n) is 6.23. The van der Waals surface area contributed by atoms with Crippen LogP contribution in [0.4, 0.5) is 0 Å². The quantitative estimate of drug-likeness (QED) is 0.799. The minimum atomic E-state index is -0.249. The SMILES string of the molecule is COc1ccc(OC)c(C(=O)NC(C)C(CO)SC)c1. The Labute approximate surface area is 123 Å². The van der Waals surface area contributed by atoms with Gasteiger partial charge >= 0.3 is 0 Å². The summed E-state index contributed by atoms with van der Waals surface area (Å²) in [4.78, 5) is 12.3. The van der Waals surface area contributed by atoms with Gasteiger partial charge in [-0.1, -0.05) is 0 Å². The van der Waals surface area contributed by atoms with Crippen molar-refractivity contribution in [3.8, 4) is 11.5 Å². The number of hydrogen-bond acceptors (Lipinski definition) is 5. The summed E-state index contributed by atoms with van der Waals surface area (Å²) in [7, 11) is 3.06. The number of methoxy groups -OCH3 is 2. The van der Waals surface area contributed by atoms with Crippen LogP contribution < -0.4 is 14.8 Å². The van der Waals surface area contributed by atoms with Gasteiger partial charge in [-0.2, -0.15) is 11.8 Å². The van der Waals surface area contributed by atoms with Crippen LogP contribution in [0.5, 0.6) is 11.5 Å². The zero-order chi connectivity index (χ0) is 15.1. The largest absolute Gasteiger partial charge is 0.497 e. The van der Waals surface area contributed by atoms with Gasteiger partial charge in [0, 0.05) is 11.3 Å². The monoisotopic (exact) mass is 299 g/mol. The molecule has 1 rings (SSSR count). The molecule has 0 aromatic heterocycles. The number of ether oxygens (including phenoxy) is 2. The molecular formula is C14H21NO4S. The zero-order valence-corrected chi connectivity index (χ0v) is 13.0. The summed E-state index contributed by atoms with van der Waals surface area (Å²) in [5.41, 5.74) is 0.413. The summed E-state index contributed by atoms with van der Waals surface area (Å²) in [5, 5.41) is 12.1. The molecular weight excluding hydrogens is 278 g/mol. The van der Waals surface area contributed by atoms with Crippen molar-refractivity contribution in [3.63, 3.8) is 0 Å². The van der Waals surface area contributed by atoms with Gasteiger partial charge in [0.25, 0.3) is 5.91 Å². The van der Waals surface area contributed by atoms with Crippen LogP contribution in [0.25, 0.3) is 0 Å². The molecule has 0 spiro atoms. The van der Waals surface area contributed by atoms with Gasteiger partial charge in [0.15, 0.2) is 0 Å². The van der Waals surface area contributed by atoms with E-state index in [4.69, 9.17) is 9.47 Å². The Bertz CT molecular complexity index is 449. The Morgan fingerprint density at radius 2 is 2.10 bits per heavy atom. The molecule has 0 saturated carbocycles. The smallest absolute Gasteiger partial charge is 0.255 e. The molecule has 0 aliphatic rings. The van der Waals surface area contributed by atoms with Crippen molar-refractivity contribution in [2.45, 2.75) is 18.2 Å². The number of aliphatic hydroxyl groups excluding tert-OH is 1. The Hall–Kier alpha value is -1.40. The third-order valence-corrected chi connectivity index (χ3v) is 4.21. The Morgan fingerprint density at radius 3 is 2.60 bits per heavy atom. The lowest BCUT2D eigenvalue weighted by Crippen LogP contribution is -2.41. The molecule has 0 aliphatic carbocycles. The van der Waals surface area contributed by atoms with Crippen LogP contribution in [0.1, 0.15) is 17.3 Å². The van der Waals surface area contributed by atoms with E-state index in [9.17, 15) is 9.90 Å². The second kappa shape index (κ2) is 8.01. The number of amides is 1. The highest BCUT2D eigenvalue weighted by Gasteiger charge is 2.20. The first kappa shape index (κ1) is 16.7. The minimum absolute atomic E-state index is 0.0118. The van der Waals surface area contributed by atoms with E-state index in [0.717, 1.165) is 0 Å². The lowest BCUT2D eigenvalue weighted by Gasteiger charge is -2.22. The molecule has 20 heavy (non-hydrogen) atoms. The normalized spacial score (nSPS) is 13.4. The lowest BCUT2D eigenvalue weighted by atomic mass is 10.1. The first-order valence-corrected chi connectivity index (χ1v) is 7.52. The van der Waals surface area contributed by atoms with Gasteiger partial charge in [0.05, 0.1) is 26.4 Å². The molecule has 0 aliphatic heterocycles. The predicted octanol–water partition coefficient (Wildman–Crippen LogP) is 1.55. The minimum Gasteiger partial charge on any atom is -0.497 e. The molecule has 2 N–H and O–H groups in total. The van der Waals surface area contributed by atoms with E-state index >= 15 is 0 Å². The third kappa shape index (κ3) is 4.05. The standard InChI is InChI=1S/C14H21NO4S/c1-9(13(8-16)20-4)15-14(17)11-7-10(18-2)5-6-12(11)19-3/h5-7,9,13,16H,8H2,1-4H3,(H,15,17). The molecule has 2 unspecified atom stereocenters. The summed E-state index contributed by atoms with van der Waals surface area (Å²) in [6, 6.07) is 4.90. The molecule has 0 fully saturated rings. The van der Waals surface area contributed by atoms with E-state index in [0.29, 0.717) is 17.1 Å². The second-order valence-corrected chi connectivity index (χ2v) is 5.36. The molecule has 1 amide bonds. The predicted molar refractivity (Wildman–Crippen MR) is 80.9 cm³/mol. The van der Waals surface area contributed by atoms with Gasteiger partial charge in [-0.3, -0.25) is 4.79 Å². The second-order valence-electron chi connectivity index (χ2n) is 4.29. The fraction of sp³-hybridized carbons (Fsp3) is 0.500. The average Bonchev–Trinajstić information content (AvgIpc) is 2.47. The number of carbonyl (C=O) groups is 1. The lowest BCUT2D eigenvalue weighted by molar-refractivity contribution is 0.0932. The molecule has 1 aromatic carbocycles. The Morgan fingerprint density at radius 1 is 1.40 bits per heavy atom. The van der Waals surface area contributed by atoms with Crippen molar-refractivity contribution in [3.05, 3.63) is 23.8 Å². The fourth-order valence-corrected chi connectivity index (χ4v) is 2.43. The maximum absolute atomic E-state index is 12.3. The average molecular weight is 299 g/mol. The van der Waals surface area contributed by atoms with Crippen LogP contribution in [-0.4, -0.2) is 49.4 Å². The van der Waals surface area contributed by atoms with E-state index in [2.05, 4.69) is 5.32 Å². The van der Waals surface area contributed by atoms with Crippen molar-refractivity contribution in [1.29, 1.82) is 0 Å². The molecule has 1 aromatic rings. The van der Waals surface area contributed by atoms with Crippen LogP contribution in [0, 0.1) is 0 Å². The van der Waals surface area contributed by atoms with Crippen LogP contribution in [0.3, 0.4) is 0 Å². The highest BCUT2D eigenvalue weighted by Crippen LogP contribution is 2.24. The highest BCUT2D eigenvalue weighted by atomic mass is 32.2. The van der Waals surface area contributed by atoms with Gasteiger partial charge in [-0.15, -0.1) is 0 Å². The molecule has 0 radical (unpaired) electrons. The number of carbonyl (C=O) groups excluding carboxylic acids is 1. The van der Waals surface area contributed by atoms with Crippen molar-refractivity contribution in [2.75, 3.05) is 27.1 Å². The van der Waals surface area contributed by atoms with Gasteiger partial charge in [-0.05, 0) is 31.4 Å². The molecule has 0 bridgehead atoms. The fourth-order valence-electron chi connectivity index (χ4n) is 1.81. The number of rotatable bonds is 7. The maximum Gasteiger partial charge on any atom is 0.255 e. The zero-order valence-electron chi connectivity index (χ0n) is 12.2. The molecule has 0 saturated heterocycles. The van der Waals surface area contributed by atoms with Crippen LogP contribution in [-0.2, 0) is 0 Å². The maximum atomic E-state index is 12.3. The summed E-state index contributed by atoms with van der Waals surface area (Å²) in [5.74, 6) is 0.827. The highest BCUT2D eigenvalue weighted by molar-refractivity contribution is 7.99. The van der Waals surface area contributed by atoms with E-state index in [1.54, 1.807) is 25.3 Å². The van der Waals surface area contributed by atoms with Crippen molar-refractivity contribution in [2.24, 2.45) is 0 Å². The van der Waals surface area contributed by atoms with Crippen LogP contribution >= 0.6 is 11.8 Å². The topological polar surface area (TPSA) is 67.8 Å². The summed E-state index contributed by atoms with van der Waals surface area (Å²) < 4.78 is 10.3. The number of aliphatic hydroxyl groups is 1. The van der Waals surface area contributed by atoms with E-state index in [-0.39, 0.29) is 23.8 Å². The summed E-state index contributed by atoms with van der Waals surface area (Å²) in [6.07, 6.45) is 1.90. The number of nitrogens with one attached hydrogen (secondary N) is 1. The third-order valence-electron chi connectivity index (χ3n) is 3.05. The van der Waals surface area contributed by atoms with Gasteiger partial charge < -0.3 is 19.9 Å². The molecule has 112 valence electrons. The van der Waals surface area contributed by atoms with E-state index < -0.39 is 0 Å². The first-order chi connectivity index (χ1) is 9.57. The summed E-state index contributed by atoms with van der Waals surface area (Å²) >= 11 is 1.51. The summed E-state index contributed by atoms with van der Waals surface area (Å²) in [6.45, 7) is 1.87. The molecule has 0 heterocycles. The number of thioether (sulfide) groups is 1. The van der Waals surface area contributed by atoms with Gasteiger partial charge in [0.1, 0.15) is 11.5 Å². The van der Waals surface area contributed by atoms with Gasteiger partial charge in [0.2, 0.25) is 0 Å². The molecule has 2 atom stereocenters. The number of benzene rings is 1. The Balaban J connectivity index is 2.90. The van der Waals surface area contributed by atoms with E-state index in [1.807, 2.05) is 13.2 Å². The van der Waals surface area contributed by atoms with E-state index in [1.165, 1.54) is 18.9 Å². The van der Waals surface area contributed by atoms with Crippen LogP contribution in [0.2, 0.25) is 0 Å². The van der Waals surface area contributed by atoms with Crippen molar-refractivity contribution in [1.82, 2.24) is 5.32 Å². The number of hydrogen-bond donors (Lipinski definition) is 2. The van der Waals surface area contributed by atoms with Gasteiger partial charge in [-0.25, -0.2) is 0 Å². The van der Waals surface area contributed by atoms with Crippen LogP contribution in [0.15, 0.2) is 18.2 Å². The Kier molecular flexibility index (Phi) is 6.67. The molecule has 6 heteroatoms. The van der Waals surface area contributed by atoms with Crippen molar-refractivity contribution < 1.29 is 19.4 Å².